The Kier molecular flexibility index (Phi) is 2.24. The van der Waals surface area contributed by atoms with Crippen LogP contribution in [0.3, 0.4) is 0 Å². The van der Waals surface area contributed by atoms with Crippen molar-refractivity contribution in [1.29, 1.82) is 0 Å². The van der Waals surface area contributed by atoms with Gasteiger partial charge in [0.2, 0.25) is 0 Å². The van der Waals surface area contributed by atoms with E-state index in [-0.39, 0.29) is 12.4 Å². The van der Waals surface area contributed by atoms with Gasteiger partial charge in [-0.15, -0.1) is 10.2 Å². The van der Waals surface area contributed by atoms with Crippen LogP contribution in [0, 0.1) is 5.82 Å². The lowest BCUT2D eigenvalue weighted by Gasteiger charge is -2.03. The van der Waals surface area contributed by atoms with E-state index in [2.05, 4.69) is 10.2 Å². The second-order valence-electron chi connectivity index (χ2n) is 2.85. The van der Waals surface area contributed by atoms with Crippen molar-refractivity contribution < 1.29 is 4.39 Å². The summed E-state index contributed by atoms with van der Waals surface area (Å²) in [5, 5.41) is 7.27. The van der Waals surface area contributed by atoms with Gasteiger partial charge in [0.1, 0.15) is 18.5 Å². The van der Waals surface area contributed by atoms with Crippen LogP contribution in [0.4, 0.5) is 4.39 Å². The van der Waals surface area contributed by atoms with Gasteiger partial charge in [-0.3, -0.25) is 4.57 Å². The smallest absolute Gasteiger partial charge is 0.129 e. The largest absolute Gasteiger partial charge is 0.326 e. The first-order chi connectivity index (χ1) is 6.81. The van der Waals surface area contributed by atoms with Crippen LogP contribution in [0.2, 0.25) is 0 Å². The van der Waals surface area contributed by atoms with Gasteiger partial charge in [0.05, 0.1) is 5.69 Å². The number of halogens is 1. The summed E-state index contributed by atoms with van der Waals surface area (Å²) in [6, 6.07) is 4.84. The third-order valence-electron chi connectivity index (χ3n) is 1.97. The Hall–Kier alpha value is -1.75. The summed E-state index contributed by atoms with van der Waals surface area (Å²) in [6.07, 6.45) is 3.02. The van der Waals surface area contributed by atoms with Crippen LogP contribution in [-0.2, 0) is 6.54 Å². The highest BCUT2D eigenvalue weighted by atomic mass is 19.1. The molecule has 0 unspecified atom stereocenters. The van der Waals surface area contributed by atoms with E-state index in [1.807, 2.05) is 0 Å². The average molecular weight is 192 g/mol. The fourth-order valence-electron chi connectivity index (χ4n) is 1.20. The maximum absolute atomic E-state index is 13.3. The van der Waals surface area contributed by atoms with Crippen molar-refractivity contribution >= 4 is 0 Å². The number of benzene rings is 1. The van der Waals surface area contributed by atoms with E-state index < -0.39 is 0 Å². The molecular weight excluding hydrogens is 183 g/mol. The minimum Gasteiger partial charge on any atom is -0.326 e. The SMILES string of the molecule is NCc1ccc(-n2cnnc2)cc1F. The summed E-state index contributed by atoms with van der Waals surface area (Å²) in [7, 11) is 0. The molecule has 0 fully saturated rings. The highest BCUT2D eigenvalue weighted by Gasteiger charge is 2.02. The lowest BCUT2D eigenvalue weighted by molar-refractivity contribution is 0.609. The van der Waals surface area contributed by atoms with Crippen LogP contribution in [-0.4, -0.2) is 14.8 Å². The number of aromatic nitrogens is 3. The van der Waals surface area contributed by atoms with Crippen molar-refractivity contribution in [2.45, 2.75) is 6.54 Å². The topological polar surface area (TPSA) is 56.7 Å². The first-order valence-corrected chi connectivity index (χ1v) is 4.15. The predicted octanol–water partition coefficient (Wildman–Crippen LogP) is 0.865. The monoisotopic (exact) mass is 192 g/mol. The number of nitrogens with zero attached hydrogens (tertiary/aromatic N) is 3. The van der Waals surface area contributed by atoms with E-state index in [9.17, 15) is 4.39 Å². The second kappa shape index (κ2) is 3.55. The molecule has 0 spiro atoms. The van der Waals surface area contributed by atoms with Crippen LogP contribution in [0.15, 0.2) is 30.9 Å². The van der Waals surface area contributed by atoms with Crippen molar-refractivity contribution in [2.75, 3.05) is 0 Å². The zero-order valence-corrected chi connectivity index (χ0v) is 7.39. The summed E-state index contributed by atoms with van der Waals surface area (Å²) >= 11 is 0. The molecule has 0 aliphatic carbocycles. The molecule has 0 bridgehead atoms. The van der Waals surface area contributed by atoms with Gasteiger partial charge in [0, 0.05) is 12.1 Å². The molecule has 1 heterocycles. The van der Waals surface area contributed by atoms with Crippen molar-refractivity contribution in [2.24, 2.45) is 5.73 Å². The summed E-state index contributed by atoms with van der Waals surface area (Å²) in [5.41, 5.74) is 6.53. The van der Waals surface area contributed by atoms with Crippen molar-refractivity contribution in [3.63, 3.8) is 0 Å². The standard InChI is InChI=1S/C9H9FN4/c10-9-3-8(2-1-7(9)4-11)14-5-12-13-6-14/h1-3,5-6H,4,11H2. The highest BCUT2D eigenvalue weighted by molar-refractivity contribution is 5.35. The molecule has 0 aliphatic rings. The molecule has 0 saturated heterocycles. The van der Waals surface area contributed by atoms with Crippen molar-refractivity contribution in [1.82, 2.24) is 14.8 Å². The third-order valence-corrected chi connectivity index (χ3v) is 1.97. The van der Waals surface area contributed by atoms with Gasteiger partial charge in [-0.05, 0) is 12.1 Å². The van der Waals surface area contributed by atoms with Crippen LogP contribution < -0.4 is 5.73 Å². The second-order valence-corrected chi connectivity index (χ2v) is 2.85. The predicted molar refractivity (Wildman–Crippen MR) is 49.2 cm³/mol. The summed E-state index contributed by atoms with van der Waals surface area (Å²) in [5.74, 6) is -0.307. The highest BCUT2D eigenvalue weighted by Crippen LogP contribution is 2.12. The molecule has 1 aromatic carbocycles. The molecule has 0 radical (unpaired) electrons. The Bertz CT molecular complexity index is 424. The normalized spacial score (nSPS) is 10.4. The first-order valence-electron chi connectivity index (χ1n) is 4.15. The molecule has 0 aliphatic heterocycles. The minimum atomic E-state index is -0.307. The molecule has 14 heavy (non-hydrogen) atoms. The van der Waals surface area contributed by atoms with E-state index in [0.717, 1.165) is 0 Å². The lowest BCUT2D eigenvalue weighted by Crippen LogP contribution is -2.01. The van der Waals surface area contributed by atoms with E-state index in [1.54, 1.807) is 16.7 Å². The maximum atomic E-state index is 13.3. The van der Waals surface area contributed by atoms with Gasteiger partial charge in [-0.1, -0.05) is 6.07 Å². The van der Waals surface area contributed by atoms with E-state index >= 15 is 0 Å². The van der Waals surface area contributed by atoms with Crippen LogP contribution in [0.1, 0.15) is 5.56 Å². The van der Waals surface area contributed by atoms with Gasteiger partial charge >= 0.3 is 0 Å². The van der Waals surface area contributed by atoms with Gasteiger partial charge < -0.3 is 5.73 Å². The molecule has 1 aromatic heterocycles. The van der Waals surface area contributed by atoms with Crippen molar-refractivity contribution in [3.8, 4) is 5.69 Å². The Balaban J connectivity index is 2.43. The number of hydrogen-bond donors (Lipinski definition) is 1. The summed E-state index contributed by atoms with van der Waals surface area (Å²) in [6.45, 7) is 0.203. The fourth-order valence-corrected chi connectivity index (χ4v) is 1.20. The Morgan fingerprint density at radius 2 is 2.00 bits per heavy atom. The van der Waals surface area contributed by atoms with Gasteiger partial charge in [-0.25, -0.2) is 4.39 Å². The van der Waals surface area contributed by atoms with Crippen LogP contribution in [0.5, 0.6) is 0 Å². The van der Waals surface area contributed by atoms with Gasteiger partial charge in [0.25, 0.3) is 0 Å². The number of hydrogen-bond acceptors (Lipinski definition) is 3. The first kappa shape index (κ1) is 8.83. The Morgan fingerprint density at radius 3 is 2.57 bits per heavy atom. The lowest BCUT2D eigenvalue weighted by atomic mass is 10.2. The molecule has 0 saturated carbocycles. The van der Waals surface area contributed by atoms with Gasteiger partial charge in [0.15, 0.2) is 0 Å². The molecule has 2 aromatic rings. The quantitative estimate of drug-likeness (QED) is 0.767. The molecule has 0 amide bonds. The minimum absolute atomic E-state index is 0.203. The van der Waals surface area contributed by atoms with E-state index in [1.165, 1.54) is 18.7 Å². The van der Waals surface area contributed by atoms with Crippen molar-refractivity contribution in [3.05, 3.63) is 42.2 Å². The Labute approximate surface area is 80.2 Å². The molecule has 72 valence electrons. The van der Waals surface area contributed by atoms with E-state index in [0.29, 0.717) is 11.3 Å². The molecule has 5 heteroatoms. The number of rotatable bonds is 2. The zero-order valence-electron chi connectivity index (χ0n) is 7.39. The van der Waals surface area contributed by atoms with Crippen LogP contribution >= 0.6 is 0 Å². The molecular formula is C9H9FN4. The average Bonchev–Trinajstić information content (AvgIpc) is 2.70. The summed E-state index contributed by atoms with van der Waals surface area (Å²) < 4.78 is 14.9. The third kappa shape index (κ3) is 1.49. The zero-order chi connectivity index (χ0) is 9.97. The number of nitrogens with two attached hydrogens (primary N) is 1. The fraction of sp³-hybridized carbons (Fsp3) is 0.111. The van der Waals surface area contributed by atoms with E-state index in [4.69, 9.17) is 5.73 Å². The molecule has 4 nitrogen and oxygen atoms in total. The Morgan fingerprint density at radius 1 is 1.29 bits per heavy atom. The summed E-state index contributed by atoms with van der Waals surface area (Å²) in [4.78, 5) is 0. The molecule has 2 rings (SSSR count). The maximum Gasteiger partial charge on any atom is 0.129 e. The van der Waals surface area contributed by atoms with Gasteiger partial charge in [-0.2, -0.15) is 0 Å². The van der Waals surface area contributed by atoms with Crippen LogP contribution in [0.25, 0.3) is 5.69 Å². The molecule has 2 N–H and O–H groups in total. The molecule has 0 atom stereocenters.